The number of rotatable bonds is 5. The second-order valence-corrected chi connectivity index (χ2v) is 5.55. The molecule has 0 aromatic heterocycles. The molecule has 5 heteroatoms. The highest BCUT2D eigenvalue weighted by molar-refractivity contribution is 5.90. The molecule has 0 radical (unpaired) electrons. The fraction of sp³-hybridized carbons (Fsp3) is 0.500. The minimum atomic E-state index is -0.770. The third-order valence-corrected chi connectivity index (χ3v) is 3.90. The molecule has 21 heavy (non-hydrogen) atoms. The average Bonchev–Trinajstić information content (AvgIpc) is 2.90. The highest BCUT2D eigenvalue weighted by Crippen LogP contribution is 2.25. The second kappa shape index (κ2) is 7.11. The van der Waals surface area contributed by atoms with Crippen molar-refractivity contribution >= 4 is 17.7 Å². The fourth-order valence-electron chi connectivity index (χ4n) is 2.81. The Morgan fingerprint density at radius 1 is 1.29 bits per heavy atom. The molecule has 1 aliphatic carbocycles. The van der Waals surface area contributed by atoms with Gasteiger partial charge < -0.3 is 15.7 Å². The summed E-state index contributed by atoms with van der Waals surface area (Å²) in [5.41, 5.74) is 1.94. The lowest BCUT2D eigenvalue weighted by molar-refractivity contribution is -0.141. The zero-order valence-electron chi connectivity index (χ0n) is 12.3. The molecule has 1 aromatic rings. The van der Waals surface area contributed by atoms with Crippen LogP contribution in [-0.4, -0.2) is 23.1 Å². The van der Waals surface area contributed by atoms with Crippen molar-refractivity contribution in [2.45, 2.75) is 45.1 Å². The highest BCUT2D eigenvalue weighted by atomic mass is 16.4. The van der Waals surface area contributed by atoms with Gasteiger partial charge >= 0.3 is 12.0 Å². The number of benzene rings is 1. The van der Waals surface area contributed by atoms with Crippen LogP contribution in [0.25, 0.3) is 0 Å². The Bertz CT molecular complexity index is 516. The van der Waals surface area contributed by atoms with Gasteiger partial charge in [-0.15, -0.1) is 0 Å². The van der Waals surface area contributed by atoms with Crippen LogP contribution in [0, 0.1) is 5.92 Å². The molecule has 2 unspecified atom stereocenters. The maximum absolute atomic E-state index is 12.0. The van der Waals surface area contributed by atoms with Crippen molar-refractivity contribution in [3.05, 3.63) is 29.8 Å². The first-order chi connectivity index (χ1) is 10.1. The van der Waals surface area contributed by atoms with Gasteiger partial charge in [0.15, 0.2) is 0 Å². The molecule has 0 spiro atoms. The maximum Gasteiger partial charge on any atom is 0.319 e. The Morgan fingerprint density at radius 2 is 2.05 bits per heavy atom. The quantitative estimate of drug-likeness (QED) is 0.780. The summed E-state index contributed by atoms with van der Waals surface area (Å²) in [5, 5.41) is 14.7. The number of urea groups is 1. The number of anilines is 1. The van der Waals surface area contributed by atoms with Crippen molar-refractivity contribution in [1.29, 1.82) is 0 Å². The third-order valence-electron chi connectivity index (χ3n) is 3.90. The van der Waals surface area contributed by atoms with E-state index in [-0.39, 0.29) is 18.0 Å². The van der Waals surface area contributed by atoms with Gasteiger partial charge in [-0.25, -0.2) is 4.79 Å². The lowest BCUT2D eigenvalue weighted by Gasteiger charge is -2.15. The summed E-state index contributed by atoms with van der Waals surface area (Å²) in [6, 6.07) is 7.45. The van der Waals surface area contributed by atoms with Crippen molar-refractivity contribution in [2.75, 3.05) is 5.32 Å². The predicted molar refractivity (Wildman–Crippen MR) is 81.4 cm³/mol. The SMILES string of the molecule is CCCc1ccccc1NC(=O)NC1CCC(C(=O)O)C1. The van der Waals surface area contributed by atoms with Gasteiger partial charge in [0.05, 0.1) is 5.92 Å². The lowest BCUT2D eigenvalue weighted by atomic mass is 10.1. The van der Waals surface area contributed by atoms with Crippen LogP contribution in [-0.2, 0) is 11.2 Å². The minimum absolute atomic E-state index is 0.0514. The summed E-state index contributed by atoms with van der Waals surface area (Å²) in [4.78, 5) is 22.9. The van der Waals surface area contributed by atoms with Gasteiger partial charge in [-0.2, -0.15) is 0 Å². The molecule has 2 amide bonds. The standard InChI is InChI=1S/C16H22N2O3/c1-2-5-11-6-3-4-7-14(11)18-16(21)17-13-9-8-12(10-13)15(19)20/h3-4,6-7,12-13H,2,5,8-10H2,1H3,(H,19,20)(H2,17,18,21). The molecule has 2 atom stereocenters. The highest BCUT2D eigenvalue weighted by Gasteiger charge is 2.30. The van der Waals surface area contributed by atoms with Gasteiger partial charge in [-0.3, -0.25) is 4.79 Å². The van der Waals surface area contributed by atoms with Crippen molar-refractivity contribution in [2.24, 2.45) is 5.92 Å². The van der Waals surface area contributed by atoms with Gasteiger partial charge in [0.25, 0.3) is 0 Å². The van der Waals surface area contributed by atoms with E-state index in [0.717, 1.165) is 30.5 Å². The fourth-order valence-corrected chi connectivity index (χ4v) is 2.81. The molecular formula is C16H22N2O3. The number of carboxylic acid groups (broad SMARTS) is 1. The zero-order valence-corrected chi connectivity index (χ0v) is 12.3. The molecule has 1 fully saturated rings. The molecule has 114 valence electrons. The van der Waals surface area contributed by atoms with E-state index in [1.165, 1.54) is 0 Å². The molecule has 0 bridgehead atoms. The summed E-state index contributed by atoms with van der Waals surface area (Å²) >= 11 is 0. The van der Waals surface area contributed by atoms with E-state index < -0.39 is 5.97 Å². The van der Waals surface area contributed by atoms with E-state index in [4.69, 9.17) is 5.11 Å². The maximum atomic E-state index is 12.0. The first kappa shape index (κ1) is 15.4. The van der Waals surface area contributed by atoms with Crippen molar-refractivity contribution in [3.8, 4) is 0 Å². The Hall–Kier alpha value is -2.04. The molecule has 5 nitrogen and oxygen atoms in total. The summed E-state index contributed by atoms with van der Waals surface area (Å²) in [6.45, 7) is 2.10. The monoisotopic (exact) mass is 290 g/mol. The van der Waals surface area contributed by atoms with E-state index in [2.05, 4.69) is 17.6 Å². The van der Waals surface area contributed by atoms with Crippen LogP contribution in [0.5, 0.6) is 0 Å². The zero-order chi connectivity index (χ0) is 15.2. The van der Waals surface area contributed by atoms with Gasteiger partial charge in [0, 0.05) is 11.7 Å². The Kier molecular flexibility index (Phi) is 5.20. The van der Waals surface area contributed by atoms with Crippen LogP contribution in [0.1, 0.15) is 38.2 Å². The van der Waals surface area contributed by atoms with E-state index >= 15 is 0 Å². The van der Waals surface area contributed by atoms with Crippen LogP contribution >= 0.6 is 0 Å². The van der Waals surface area contributed by atoms with Gasteiger partial charge in [-0.1, -0.05) is 31.5 Å². The number of aliphatic carboxylic acids is 1. The summed E-state index contributed by atoms with van der Waals surface area (Å²) in [7, 11) is 0. The molecule has 0 aliphatic heterocycles. The average molecular weight is 290 g/mol. The van der Waals surface area contributed by atoms with Crippen molar-refractivity contribution in [1.82, 2.24) is 5.32 Å². The van der Waals surface area contributed by atoms with Crippen LogP contribution in [0.4, 0.5) is 10.5 Å². The van der Waals surface area contributed by atoms with Crippen LogP contribution in [0.2, 0.25) is 0 Å². The number of amides is 2. The molecule has 2 rings (SSSR count). The summed E-state index contributed by atoms with van der Waals surface area (Å²) in [6.07, 6.45) is 3.80. The second-order valence-electron chi connectivity index (χ2n) is 5.55. The molecule has 1 aliphatic rings. The van der Waals surface area contributed by atoms with Crippen LogP contribution < -0.4 is 10.6 Å². The third kappa shape index (κ3) is 4.21. The molecule has 1 aromatic carbocycles. The van der Waals surface area contributed by atoms with E-state index in [0.29, 0.717) is 12.8 Å². The predicted octanol–water partition coefficient (Wildman–Crippen LogP) is 3.01. The Labute approximate surface area is 124 Å². The number of nitrogens with one attached hydrogen (secondary N) is 2. The molecule has 3 N–H and O–H groups in total. The van der Waals surface area contributed by atoms with Crippen LogP contribution in [0.15, 0.2) is 24.3 Å². The Balaban J connectivity index is 1.89. The van der Waals surface area contributed by atoms with E-state index in [9.17, 15) is 9.59 Å². The number of para-hydroxylation sites is 1. The number of hydrogen-bond acceptors (Lipinski definition) is 2. The minimum Gasteiger partial charge on any atom is -0.481 e. The van der Waals surface area contributed by atoms with E-state index in [1.807, 2.05) is 24.3 Å². The Morgan fingerprint density at radius 3 is 2.71 bits per heavy atom. The van der Waals surface area contributed by atoms with Crippen molar-refractivity contribution < 1.29 is 14.7 Å². The van der Waals surface area contributed by atoms with E-state index in [1.54, 1.807) is 0 Å². The van der Waals surface area contributed by atoms with Crippen LogP contribution in [0.3, 0.4) is 0 Å². The topological polar surface area (TPSA) is 78.4 Å². The molecule has 1 saturated carbocycles. The lowest BCUT2D eigenvalue weighted by Crippen LogP contribution is -2.36. The smallest absolute Gasteiger partial charge is 0.319 e. The molecule has 0 heterocycles. The van der Waals surface area contributed by atoms with Gasteiger partial charge in [-0.05, 0) is 37.3 Å². The molecule has 0 saturated heterocycles. The van der Waals surface area contributed by atoms with Gasteiger partial charge in [0.1, 0.15) is 0 Å². The first-order valence-electron chi connectivity index (χ1n) is 7.48. The number of carbonyl (C=O) groups is 2. The summed E-state index contributed by atoms with van der Waals surface area (Å²) < 4.78 is 0. The first-order valence-corrected chi connectivity index (χ1v) is 7.48. The number of aryl methyl sites for hydroxylation is 1. The largest absolute Gasteiger partial charge is 0.481 e. The van der Waals surface area contributed by atoms with Gasteiger partial charge in [0.2, 0.25) is 0 Å². The molecular weight excluding hydrogens is 268 g/mol. The van der Waals surface area contributed by atoms with Crippen molar-refractivity contribution in [3.63, 3.8) is 0 Å². The summed E-state index contributed by atoms with van der Waals surface area (Å²) in [5.74, 6) is -1.10. The normalized spacial score (nSPS) is 21.0. The number of hydrogen-bond donors (Lipinski definition) is 3. The number of carboxylic acids is 1. The number of carbonyl (C=O) groups excluding carboxylic acids is 1.